The summed E-state index contributed by atoms with van der Waals surface area (Å²) >= 11 is 3.37. The molecule has 82 valence electrons. The molecule has 0 aliphatic heterocycles. The van der Waals surface area contributed by atoms with Gasteiger partial charge < -0.3 is 10.4 Å². The lowest BCUT2D eigenvalue weighted by Gasteiger charge is -2.09. The molecular weight excluding hydrogens is 258 g/mol. The fraction of sp³-hybridized carbons (Fsp3) is 0.364. The van der Waals surface area contributed by atoms with Crippen molar-refractivity contribution in [3.8, 4) is 0 Å². The van der Waals surface area contributed by atoms with Crippen molar-refractivity contribution in [1.29, 1.82) is 0 Å². The standard InChI is InChI=1S/C11H14BrNO2/c1-7-3-4-10(12)5-9(7)6-13-11(15)8(2)14/h3-5,8,14H,6H2,1-2H3,(H,13,15)/t8-/m0/s1. The maximum atomic E-state index is 11.1. The summed E-state index contributed by atoms with van der Waals surface area (Å²) in [5.41, 5.74) is 2.16. The van der Waals surface area contributed by atoms with Crippen LogP contribution >= 0.6 is 15.9 Å². The largest absolute Gasteiger partial charge is 0.384 e. The number of carbonyl (C=O) groups is 1. The molecule has 2 N–H and O–H groups in total. The van der Waals surface area contributed by atoms with Crippen LogP contribution in [0.3, 0.4) is 0 Å². The monoisotopic (exact) mass is 271 g/mol. The minimum absolute atomic E-state index is 0.352. The Kier molecular flexibility index (Phi) is 4.29. The summed E-state index contributed by atoms with van der Waals surface area (Å²) < 4.78 is 0.981. The number of nitrogens with one attached hydrogen (secondary N) is 1. The zero-order valence-corrected chi connectivity index (χ0v) is 10.3. The Labute approximate surface area is 97.6 Å². The molecule has 0 saturated carbocycles. The van der Waals surface area contributed by atoms with E-state index < -0.39 is 6.10 Å². The average molecular weight is 272 g/mol. The van der Waals surface area contributed by atoms with Crippen molar-refractivity contribution in [2.75, 3.05) is 0 Å². The van der Waals surface area contributed by atoms with Crippen molar-refractivity contribution < 1.29 is 9.90 Å². The van der Waals surface area contributed by atoms with Crippen LogP contribution in [0.2, 0.25) is 0 Å². The van der Waals surface area contributed by atoms with E-state index in [1.807, 2.05) is 25.1 Å². The van der Waals surface area contributed by atoms with Gasteiger partial charge in [-0.05, 0) is 37.1 Å². The maximum Gasteiger partial charge on any atom is 0.248 e. The van der Waals surface area contributed by atoms with Gasteiger partial charge in [-0.3, -0.25) is 4.79 Å². The molecule has 0 bridgehead atoms. The van der Waals surface area contributed by atoms with E-state index in [0.717, 1.165) is 15.6 Å². The first kappa shape index (κ1) is 12.2. The smallest absolute Gasteiger partial charge is 0.248 e. The molecule has 0 radical (unpaired) electrons. The molecule has 1 rings (SSSR count). The minimum Gasteiger partial charge on any atom is -0.384 e. The Hall–Kier alpha value is -0.870. The number of aliphatic hydroxyl groups excluding tert-OH is 1. The van der Waals surface area contributed by atoms with Crippen LogP contribution in [-0.2, 0) is 11.3 Å². The summed E-state index contributed by atoms with van der Waals surface area (Å²) in [7, 11) is 0. The van der Waals surface area contributed by atoms with E-state index in [-0.39, 0.29) is 5.91 Å². The first-order valence-electron chi connectivity index (χ1n) is 4.71. The molecule has 0 saturated heterocycles. The Morgan fingerprint density at radius 1 is 1.60 bits per heavy atom. The van der Waals surface area contributed by atoms with Crippen LogP contribution in [0, 0.1) is 6.92 Å². The van der Waals surface area contributed by atoms with Gasteiger partial charge in [0.25, 0.3) is 0 Å². The number of halogens is 1. The number of carbonyl (C=O) groups excluding carboxylic acids is 1. The third kappa shape index (κ3) is 3.64. The van der Waals surface area contributed by atoms with Gasteiger partial charge >= 0.3 is 0 Å². The molecule has 4 heteroatoms. The summed E-state index contributed by atoms with van der Waals surface area (Å²) in [6, 6.07) is 5.89. The zero-order valence-electron chi connectivity index (χ0n) is 8.75. The molecular formula is C11H14BrNO2. The number of hydrogen-bond acceptors (Lipinski definition) is 2. The molecule has 0 fully saturated rings. The molecule has 1 atom stereocenters. The summed E-state index contributed by atoms with van der Waals surface area (Å²) in [5, 5.41) is 11.7. The lowest BCUT2D eigenvalue weighted by molar-refractivity contribution is -0.128. The highest BCUT2D eigenvalue weighted by molar-refractivity contribution is 9.10. The molecule has 1 aromatic rings. The van der Waals surface area contributed by atoms with Gasteiger partial charge in [0, 0.05) is 11.0 Å². The fourth-order valence-electron chi connectivity index (χ4n) is 1.16. The van der Waals surface area contributed by atoms with Crippen LogP contribution in [0.25, 0.3) is 0 Å². The van der Waals surface area contributed by atoms with Gasteiger partial charge in [0.1, 0.15) is 6.10 Å². The number of amides is 1. The Morgan fingerprint density at radius 2 is 2.27 bits per heavy atom. The summed E-state index contributed by atoms with van der Waals surface area (Å²) in [4.78, 5) is 11.1. The second-order valence-electron chi connectivity index (χ2n) is 3.46. The van der Waals surface area contributed by atoms with Crippen LogP contribution in [0.5, 0.6) is 0 Å². The minimum atomic E-state index is -0.961. The first-order chi connectivity index (χ1) is 7.00. The van der Waals surface area contributed by atoms with E-state index in [2.05, 4.69) is 21.2 Å². The van der Waals surface area contributed by atoms with Crippen molar-refractivity contribution in [2.45, 2.75) is 26.5 Å². The van der Waals surface area contributed by atoms with Crippen LogP contribution in [0.1, 0.15) is 18.1 Å². The predicted molar refractivity (Wildman–Crippen MR) is 62.4 cm³/mol. The van der Waals surface area contributed by atoms with Crippen LogP contribution in [0.4, 0.5) is 0 Å². The molecule has 3 nitrogen and oxygen atoms in total. The highest BCUT2D eigenvalue weighted by atomic mass is 79.9. The maximum absolute atomic E-state index is 11.1. The molecule has 1 aromatic carbocycles. The quantitative estimate of drug-likeness (QED) is 0.880. The van der Waals surface area contributed by atoms with E-state index in [0.29, 0.717) is 6.54 Å². The first-order valence-corrected chi connectivity index (χ1v) is 5.51. The van der Waals surface area contributed by atoms with Gasteiger partial charge in [-0.25, -0.2) is 0 Å². The van der Waals surface area contributed by atoms with Crippen LogP contribution < -0.4 is 5.32 Å². The Balaban J connectivity index is 2.65. The molecule has 0 aromatic heterocycles. The van der Waals surface area contributed by atoms with Gasteiger partial charge in [0.05, 0.1) is 0 Å². The number of hydrogen-bond donors (Lipinski definition) is 2. The fourth-order valence-corrected chi connectivity index (χ4v) is 1.57. The normalized spacial score (nSPS) is 12.3. The zero-order chi connectivity index (χ0) is 11.4. The van der Waals surface area contributed by atoms with Crippen molar-refractivity contribution >= 4 is 21.8 Å². The number of aliphatic hydroxyl groups is 1. The van der Waals surface area contributed by atoms with Gasteiger partial charge in [-0.1, -0.05) is 22.0 Å². The van der Waals surface area contributed by atoms with E-state index >= 15 is 0 Å². The summed E-state index contributed by atoms with van der Waals surface area (Å²) in [6.07, 6.45) is -0.961. The third-order valence-corrected chi connectivity index (χ3v) is 2.64. The van der Waals surface area contributed by atoms with E-state index in [9.17, 15) is 4.79 Å². The Morgan fingerprint density at radius 3 is 2.87 bits per heavy atom. The number of rotatable bonds is 3. The summed E-state index contributed by atoms with van der Waals surface area (Å²) in [6.45, 7) is 3.87. The van der Waals surface area contributed by atoms with Crippen molar-refractivity contribution in [3.63, 3.8) is 0 Å². The van der Waals surface area contributed by atoms with Gasteiger partial charge in [0.15, 0.2) is 0 Å². The van der Waals surface area contributed by atoms with E-state index in [1.54, 1.807) is 0 Å². The third-order valence-electron chi connectivity index (χ3n) is 2.14. The molecule has 0 spiro atoms. The second kappa shape index (κ2) is 5.28. The van der Waals surface area contributed by atoms with Crippen molar-refractivity contribution in [3.05, 3.63) is 33.8 Å². The van der Waals surface area contributed by atoms with Crippen LogP contribution in [-0.4, -0.2) is 17.1 Å². The topological polar surface area (TPSA) is 49.3 Å². The van der Waals surface area contributed by atoms with Crippen molar-refractivity contribution in [1.82, 2.24) is 5.32 Å². The van der Waals surface area contributed by atoms with E-state index in [1.165, 1.54) is 6.92 Å². The SMILES string of the molecule is Cc1ccc(Br)cc1CNC(=O)[C@H](C)O. The molecule has 0 heterocycles. The molecule has 0 aliphatic rings. The molecule has 15 heavy (non-hydrogen) atoms. The molecule has 0 unspecified atom stereocenters. The number of aryl methyl sites for hydroxylation is 1. The lowest BCUT2D eigenvalue weighted by Crippen LogP contribution is -2.32. The molecule has 0 aliphatic carbocycles. The van der Waals surface area contributed by atoms with Crippen molar-refractivity contribution in [2.24, 2.45) is 0 Å². The van der Waals surface area contributed by atoms with Gasteiger partial charge in [-0.15, -0.1) is 0 Å². The average Bonchev–Trinajstić information content (AvgIpc) is 2.18. The second-order valence-corrected chi connectivity index (χ2v) is 4.38. The van der Waals surface area contributed by atoms with E-state index in [4.69, 9.17) is 5.11 Å². The molecule has 1 amide bonds. The highest BCUT2D eigenvalue weighted by Crippen LogP contribution is 2.15. The Bertz CT molecular complexity index is 364. The summed E-state index contributed by atoms with van der Waals surface area (Å²) in [5.74, 6) is -0.352. The van der Waals surface area contributed by atoms with Gasteiger partial charge in [0.2, 0.25) is 5.91 Å². The lowest BCUT2D eigenvalue weighted by atomic mass is 10.1. The van der Waals surface area contributed by atoms with Crippen LogP contribution in [0.15, 0.2) is 22.7 Å². The number of benzene rings is 1. The predicted octanol–water partition coefficient (Wildman–Crippen LogP) is 1.75. The van der Waals surface area contributed by atoms with Gasteiger partial charge in [-0.2, -0.15) is 0 Å². The highest BCUT2D eigenvalue weighted by Gasteiger charge is 2.08.